The van der Waals surface area contributed by atoms with Gasteiger partial charge in [0, 0.05) is 17.1 Å². The van der Waals surface area contributed by atoms with Gasteiger partial charge in [-0.05, 0) is 43.5 Å². The number of hydrogen-bond acceptors (Lipinski definition) is 4. The van der Waals surface area contributed by atoms with Gasteiger partial charge in [0.25, 0.3) is 0 Å². The van der Waals surface area contributed by atoms with Crippen LogP contribution < -0.4 is 0 Å². The third kappa shape index (κ3) is 3.72. The quantitative estimate of drug-likeness (QED) is 0.747. The predicted molar refractivity (Wildman–Crippen MR) is 90.1 cm³/mol. The lowest BCUT2D eigenvalue weighted by molar-refractivity contribution is 0.340. The Hall–Kier alpha value is -0.440. The van der Waals surface area contributed by atoms with Crippen molar-refractivity contribution in [3.8, 4) is 0 Å². The lowest BCUT2D eigenvalue weighted by atomic mass is 10.2. The van der Waals surface area contributed by atoms with Gasteiger partial charge in [-0.2, -0.15) is 4.31 Å². The normalized spacial score (nSPS) is 21.4. The largest absolute Gasteiger partial charge is 0.243 e. The van der Waals surface area contributed by atoms with Crippen molar-refractivity contribution in [2.24, 2.45) is 0 Å². The smallest absolute Gasteiger partial charge is 0.229 e. The number of halogens is 1. The molecule has 1 aliphatic heterocycles. The van der Waals surface area contributed by atoms with E-state index in [4.69, 9.17) is 0 Å². The summed E-state index contributed by atoms with van der Waals surface area (Å²) in [5.74, 6) is -0.0193. The summed E-state index contributed by atoms with van der Waals surface area (Å²) < 4.78 is 51.4. The van der Waals surface area contributed by atoms with E-state index in [1.807, 2.05) is 13.8 Å². The second-order valence-corrected chi connectivity index (χ2v) is 10.6. The molecule has 1 aromatic rings. The monoisotopic (exact) mass is 409 g/mol. The minimum Gasteiger partial charge on any atom is -0.229 e. The Balaban J connectivity index is 2.40. The number of rotatable bonds is 5. The minimum absolute atomic E-state index is 0.0623. The first kappa shape index (κ1) is 17.9. The van der Waals surface area contributed by atoms with E-state index in [1.54, 1.807) is 18.2 Å². The number of benzene rings is 1. The zero-order valence-electron chi connectivity index (χ0n) is 12.6. The van der Waals surface area contributed by atoms with Gasteiger partial charge >= 0.3 is 0 Å². The third-order valence-corrected chi connectivity index (χ3v) is 8.38. The van der Waals surface area contributed by atoms with E-state index in [0.717, 1.165) is 10.0 Å². The van der Waals surface area contributed by atoms with Crippen molar-refractivity contribution < 1.29 is 16.8 Å². The van der Waals surface area contributed by atoms with Crippen LogP contribution in [0.1, 0.15) is 25.3 Å². The number of sulfone groups is 1. The fourth-order valence-electron chi connectivity index (χ4n) is 2.63. The topological polar surface area (TPSA) is 71.5 Å². The van der Waals surface area contributed by atoms with Crippen LogP contribution in [0.25, 0.3) is 0 Å². The average molecular weight is 410 g/mol. The zero-order chi connectivity index (χ0) is 16.5. The van der Waals surface area contributed by atoms with Gasteiger partial charge in [-0.15, -0.1) is 0 Å². The SMILES string of the molecule is CCCN([C@@H]1CCS(=O)(=O)C1)S(=O)(=O)c1ccc(Br)c(C)c1. The molecule has 0 spiro atoms. The highest BCUT2D eigenvalue weighted by Gasteiger charge is 2.38. The molecule has 0 unspecified atom stereocenters. The van der Waals surface area contributed by atoms with Gasteiger partial charge in [-0.3, -0.25) is 0 Å². The predicted octanol–water partition coefficient (Wildman–Crippen LogP) is 2.35. The maximum Gasteiger partial charge on any atom is 0.243 e. The molecule has 2 rings (SSSR count). The molecule has 124 valence electrons. The summed E-state index contributed by atoms with van der Waals surface area (Å²) in [6, 6.07) is 4.42. The van der Waals surface area contributed by atoms with Crippen LogP contribution in [-0.2, 0) is 19.9 Å². The maximum absolute atomic E-state index is 12.9. The highest BCUT2D eigenvalue weighted by atomic mass is 79.9. The van der Waals surface area contributed by atoms with Gasteiger partial charge in [0.1, 0.15) is 0 Å². The number of nitrogens with zero attached hydrogens (tertiary/aromatic N) is 1. The molecule has 1 heterocycles. The zero-order valence-corrected chi connectivity index (χ0v) is 15.8. The molecule has 5 nitrogen and oxygen atoms in total. The molecule has 0 aromatic heterocycles. The Kier molecular flexibility index (Phi) is 5.36. The van der Waals surface area contributed by atoms with E-state index < -0.39 is 25.9 Å². The Labute approximate surface area is 140 Å². The Morgan fingerprint density at radius 3 is 2.55 bits per heavy atom. The van der Waals surface area contributed by atoms with Crippen molar-refractivity contribution >= 4 is 35.8 Å². The molecule has 1 saturated heterocycles. The van der Waals surface area contributed by atoms with Crippen LogP contribution >= 0.6 is 15.9 Å². The summed E-state index contributed by atoms with van der Waals surface area (Å²) in [4.78, 5) is 0.214. The second kappa shape index (κ2) is 6.59. The molecule has 1 atom stereocenters. The van der Waals surface area contributed by atoms with Crippen LogP contribution in [0.15, 0.2) is 27.6 Å². The summed E-state index contributed by atoms with van der Waals surface area (Å²) in [7, 11) is -6.82. The van der Waals surface area contributed by atoms with Gasteiger partial charge < -0.3 is 0 Å². The molecule has 0 aliphatic carbocycles. The Bertz CT molecular complexity index is 759. The Morgan fingerprint density at radius 1 is 1.36 bits per heavy atom. The van der Waals surface area contributed by atoms with E-state index in [9.17, 15) is 16.8 Å². The molecule has 1 aliphatic rings. The minimum atomic E-state index is -3.69. The second-order valence-electron chi connectivity index (χ2n) is 5.58. The molecule has 22 heavy (non-hydrogen) atoms. The van der Waals surface area contributed by atoms with Gasteiger partial charge in [0.05, 0.1) is 16.4 Å². The molecule has 0 radical (unpaired) electrons. The van der Waals surface area contributed by atoms with Crippen molar-refractivity contribution in [1.82, 2.24) is 4.31 Å². The molecule has 0 amide bonds. The molecule has 1 aromatic carbocycles. The first-order chi connectivity index (χ1) is 10.2. The number of aryl methyl sites for hydroxylation is 1. The van der Waals surface area contributed by atoms with E-state index in [0.29, 0.717) is 19.4 Å². The summed E-state index contributed by atoms with van der Waals surface area (Å²) in [6.45, 7) is 4.05. The summed E-state index contributed by atoms with van der Waals surface area (Å²) in [6.07, 6.45) is 1.02. The molecular weight excluding hydrogens is 390 g/mol. The molecule has 0 bridgehead atoms. The van der Waals surface area contributed by atoms with Crippen molar-refractivity contribution in [1.29, 1.82) is 0 Å². The van der Waals surface area contributed by atoms with Crippen LogP contribution in [0, 0.1) is 6.92 Å². The molecule has 0 N–H and O–H groups in total. The van der Waals surface area contributed by atoms with E-state index >= 15 is 0 Å². The lowest BCUT2D eigenvalue weighted by Gasteiger charge is -2.27. The lowest BCUT2D eigenvalue weighted by Crippen LogP contribution is -2.41. The van der Waals surface area contributed by atoms with Crippen molar-refractivity contribution in [3.05, 3.63) is 28.2 Å². The standard InChI is InChI=1S/C14H20BrNO4S2/c1-3-7-16(12-6-8-21(17,18)10-12)22(19,20)13-4-5-14(15)11(2)9-13/h4-5,9,12H,3,6-8,10H2,1-2H3/t12-/m1/s1. The maximum atomic E-state index is 12.9. The van der Waals surface area contributed by atoms with Crippen LogP contribution in [0.4, 0.5) is 0 Å². The van der Waals surface area contributed by atoms with E-state index in [1.165, 1.54) is 4.31 Å². The Morgan fingerprint density at radius 2 is 2.05 bits per heavy atom. The van der Waals surface area contributed by atoms with Gasteiger partial charge in [-0.1, -0.05) is 22.9 Å². The van der Waals surface area contributed by atoms with E-state index in [-0.39, 0.29) is 16.4 Å². The molecular formula is C14H20BrNO4S2. The van der Waals surface area contributed by atoms with Crippen LogP contribution in [0.2, 0.25) is 0 Å². The van der Waals surface area contributed by atoms with Gasteiger partial charge in [0.2, 0.25) is 10.0 Å². The summed E-state index contributed by atoms with van der Waals surface area (Å²) >= 11 is 3.36. The summed E-state index contributed by atoms with van der Waals surface area (Å²) in [5.41, 5.74) is 0.830. The fraction of sp³-hybridized carbons (Fsp3) is 0.571. The van der Waals surface area contributed by atoms with Crippen molar-refractivity contribution in [3.63, 3.8) is 0 Å². The molecule has 1 fully saturated rings. The summed E-state index contributed by atoms with van der Waals surface area (Å²) in [5, 5.41) is 0. The van der Waals surface area contributed by atoms with Crippen LogP contribution in [-0.4, -0.2) is 45.2 Å². The number of hydrogen-bond donors (Lipinski definition) is 0. The first-order valence-electron chi connectivity index (χ1n) is 7.16. The average Bonchev–Trinajstić information content (AvgIpc) is 2.78. The van der Waals surface area contributed by atoms with Gasteiger partial charge in [-0.25, -0.2) is 16.8 Å². The van der Waals surface area contributed by atoms with Crippen LogP contribution in [0.3, 0.4) is 0 Å². The third-order valence-electron chi connectivity index (χ3n) is 3.80. The van der Waals surface area contributed by atoms with E-state index in [2.05, 4.69) is 15.9 Å². The van der Waals surface area contributed by atoms with Gasteiger partial charge in [0.15, 0.2) is 9.84 Å². The molecule has 0 saturated carbocycles. The highest BCUT2D eigenvalue weighted by Crippen LogP contribution is 2.27. The fourth-order valence-corrected chi connectivity index (χ4v) is 6.54. The van der Waals surface area contributed by atoms with Crippen molar-refractivity contribution in [2.45, 2.75) is 37.6 Å². The molecule has 8 heteroatoms. The van der Waals surface area contributed by atoms with Crippen LogP contribution in [0.5, 0.6) is 0 Å². The highest BCUT2D eigenvalue weighted by molar-refractivity contribution is 9.10. The number of sulfonamides is 1. The first-order valence-corrected chi connectivity index (χ1v) is 11.2. The van der Waals surface area contributed by atoms with Crippen molar-refractivity contribution in [2.75, 3.05) is 18.1 Å².